The SMILES string of the molecule is CC(C)(C)CNC(C)(C)C.CC(C)/C=N\OC(C)(C)C. The van der Waals surface area contributed by atoms with Gasteiger partial charge in [-0.25, -0.2) is 0 Å². The fourth-order valence-electron chi connectivity index (χ4n) is 0.841. The fourth-order valence-corrected chi connectivity index (χ4v) is 0.841. The van der Waals surface area contributed by atoms with Crippen LogP contribution in [0.2, 0.25) is 0 Å². The van der Waals surface area contributed by atoms with Crippen molar-refractivity contribution in [1.82, 2.24) is 5.32 Å². The van der Waals surface area contributed by atoms with E-state index in [1.54, 1.807) is 6.21 Å². The molecule has 0 saturated carbocycles. The minimum atomic E-state index is -0.161. The van der Waals surface area contributed by atoms with Crippen molar-refractivity contribution in [3.8, 4) is 0 Å². The van der Waals surface area contributed by atoms with Crippen LogP contribution in [-0.4, -0.2) is 23.9 Å². The molecule has 0 fully saturated rings. The molecule has 1 N–H and O–H groups in total. The Kier molecular flexibility index (Phi) is 9.40. The number of hydrogen-bond donors (Lipinski definition) is 1. The first-order valence-corrected chi connectivity index (χ1v) is 7.59. The highest BCUT2D eigenvalue weighted by molar-refractivity contribution is 5.58. The average molecular weight is 287 g/mol. The molecule has 0 aliphatic heterocycles. The second-order valence-corrected chi connectivity index (χ2v) is 8.87. The molecule has 0 radical (unpaired) electrons. The Morgan fingerprint density at radius 2 is 1.40 bits per heavy atom. The third kappa shape index (κ3) is 26.1. The molecule has 0 heterocycles. The molecule has 0 aromatic heterocycles. The quantitative estimate of drug-likeness (QED) is 0.593. The lowest BCUT2D eigenvalue weighted by atomic mass is 9.95. The van der Waals surface area contributed by atoms with Gasteiger partial charge in [0.05, 0.1) is 0 Å². The van der Waals surface area contributed by atoms with Gasteiger partial charge in [-0.2, -0.15) is 0 Å². The van der Waals surface area contributed by atoms with Crippen molar-refractivity contribution >= 4 is 6.21 Å². The van der Waals surface area contributed by atoms with Crippen molar-refractivity contribution in [3.05, 3.63) is 0 Å². The number of nitrogens with one attached hydrogen (secondary N) is 1. The molecule has 122 valence electrons. The molecule has 3 heteroatoms. The first-order valence-electron chi connectivity index (χ1n) is 7.59. The zero-order valence-electron chi connectivity index (χ0n) is 15.7. The summed E-state index contributed by atoms with van der Waals surface area (Å²) in [5, 5.41) is 7.28. The molecule has 0 aromatic carbocycles. The van der Waals surface area contributed by atoms with Gasteiger partial charge < -0.3 is 10.2 Å². The molecule has 0 rings (SSSR count). The lowest BCUT2D eigenvalue weighted by Gasteiger charge is -2.27. The smallest absolute Gasteiger partial charge is 0.129 e. The third-order valence-corrected chi connectivity index (χ3v) is 1.83. The molecular weight excluding hydrogens is 248 g/mol. The highest BCUT2D eigenvalue weighted by atomic mass is 16.6. The van der Waals surface area contributed by atoms with Gasteiger partial charge in [-0.15, -0.1) is 0 Å². The van der Waals surface area contributed by atoms with E-state index in [2.05, 4.69) is 65.9 Å². The molecule has 0 saturated heterocycles. The molecule has 0 aliphatic carbocycles. The largest absolute Gasteiger partial charge is 0.390 e. The number of oxime groups is 1. The van der Waals surface area contributed by atoms with Crippen LogP contribution in [0.3, 0.4) is 0 Å². The van der Waals surface area contributed by atoms with Gasteiger partial charge in [0, 0.05) is 18.3 Å². The van der Waals surface area contributed by atoms with Gasteiger partial charge in [-0.05, 0) is 52.9 Å². The van der Waals surface area contributed by atoms with Crippen LogP contribution in [0.25, 0.3) is 0 Å². The molecule has 0 amide bonds. The van der Waals surface area contributed by atoms with Gasteiger partial charge in [-0.3, -0.25) is 0 Å². The first-order chi connectivity index (χ1) is 8.62. The van der Waals surface area contributed by atoms with Gasteiger partial charge >= 0.3 is 0 Å². The lowest BCUT2D eigenvalue weighted by molar-refractivity contribution is 0.00129. The van der Waals surface area contributed by atoms with E-state index in [1.807, 2.05) is 20.8 Å². The molecule has 0 spiro atoms. The molecule has 0 bridgehead atoms. The standard InChI is InChI=1S/C9H21N.C8H17NO/c1-8(2,3)7-10-9(4,5)6;1-7(2)6-9-10-8(3,4)5/h10H,7H2,1-6H3;6-7H,1-5H3/b;9-6-. The van der Waals surface area contributed by atoms with E-state index in [9.17, 15) is 0 Å². The number of rotatable bonds is 3. The van der Waals surface area contributed by atoms with Gasteiger partial charge in [0.2, 0.25) is 0 Å². The summed E-state index contributed by atoms with van der Waals surface area (Å²) in [6, 6.07) is 0. The Morgan fingerprint density at radius 3 is 1.60 bits per heavy atom. The van der Waals surface area contributed by atoms with E-state index in [0.29, 0.717) is 11.3 Å². The van der Waals surface area contributed by atoms with Crippen LogP contribution in [0.5, 0.6) is 0 Å². The van der Waals surface area contributed by atoms with Gasteiger partial charge in [0.15, 0.2) is 0 Å². The first kappa shape index (κ1) is 21.7. The molecule has 0 atom stereocenters. The lowest BCUT2D eigenvalue weighted by Crippen LogP contribution is -2.40. The second-order valence-electron chi connectivity index (χ2n) is 8.87. The van der Waals surface area contributed by atoms with Crippen LogP contribution >= 0.6 is 0 Å². The van der Waals surface area contributed by atoms with Crippen molar-refractivity contribution in [2.45, 2.75) is 87.3 Å². The average Bonchev–Trinajstić information content (AvgIpc) is 2.10. The van der Waals surface area contributed by atoms with Crippen molar-refractivity contribution in [1.29, 1.82) is 0 Å². The normalized spacial score (nSPS) is 13.4. The summed E-state index contributed by atoms with van der Waals surface area (Å²) in [7, 11) is 0. The predicted molar refractivity (Wildman–Crippen MR) is 91.4 cm³/mol. The van der Waals surface area contributed by atoms with E-state index in [0.717, 1.165) is 6.54 Å². The Balaban J connectivity index is 0. The van der Waals surface area contributed by atoms with Gasteiger partial charge in [0.1, 0.15) is 5.60 Å². The van der Waals surface area contributed by atoms with Crippen molar-refractivity contribution in [2.75, 3.05) is 6.54 Å². The third-order valence-electron chi connectivity index (χ3n) is 1.83. The maximum atomic E-state index is 5.11. The topological polar surface area (TPSA) is 33.6 Å². The summed E-state index contributed by atoms with van der Waals surface area (Å²) in [6.07, 6.45) is 1.80. The van der Waals surface area contributed by atoms with Crippen LogP contribution < -0.4 is 5.32 Å². The molecule has 0 aliphatic rings. The van der Waals surface area contributed by atoms with Crippen molar-refractivity contribution in [3.63, 3.8) is 0 Å². The molecular formula is C17H38N2O. The Bertz CT molecular complexity index is 248. The minimum absolute atomic E-state index is 0.161. The van der Waals surface area contributed by atoms with E-state index in [-0.39, 0.29) is 11.1 Å². The second kappa shape index (κ2) is 8.66. The fraction of sp³-hybridized carbons (Fsp3) is 0.941. The maximum Gasteiger partial charge on any atom is 0.129 e. The van der Waals surface area contributed by atoms with Crippen molar-refractivity contribution < 1.29 is 4.84 Å². The van der Waals surface area contributed by atoms with Crippen LogP contribution in [-0.2, 0) is 4.84 Å². The maximum absolute atomic E-state index is 5.11. The van der Waals surface area contributed by atoms with E-state index in [4.69, 9.17) is 4.84 Å². The van der Waals surface area contributed by atoms with Gasteiger partial charge in [-0.1, -0.05) is 39.8 Å². The number of hydrogen-bond acceptors (Lipinski definition) is 3. The minimum Gasteiger partial charge on any atom is -0.390 e. The summed E-state index contributed by atoms with van der Waals surface area (Å²) in [5.74, 6) is 0.461. The summed E-state index contributed by atoms with van der Waals surface area (Å²) in [5.41, 5.74) is 0.492. The summed E-state index contributed by atoms with van der Waals surface area (Å²) in [6.45, 7) is 24.4. The van der Waals surface area contributed by atoms with Crippen LogP contribution in [0.15, 0.2) is 5.16 Å². The zero-order chi connectivity index (χ0) is 16.6. The summed E-state index contributed by atoms with van der Waals surface area (Å²) < 4.78 is 0. The van der Waals surface area contributed by atoms with Crippen LogP contribution in [0.4, 0.5) is 0 Å². The van der Waals surface area contributed by atoms with Gasteiger partial charge in [0.25, 0.3) is 0 Å². The molecule has 0 unspecified atom stereocenters. The Hall–Kier alpha value is -0.570. The molecule has 20 heavy (non-hydrogen) atoms. The van der Waals surface area contributed by atoms with E-state index >= 15 is 0 Å². The zero-order valence-corrected chi connectivity index (χ0v) is 15.7. The summed E-state index contributed by atoms with van der Waals surface area (Å²) >= 11 is 0. The van der Waals surface area contributed by atoms with Crippen LogP contribution in [0.1, 0.15) is 76.2 Å². The summed E-state index contributed by atoms with van der Waals surface area (Å²) in [4.78, 5) is 5.11. The highest BCUT2D eigenvalue weighted by Crippen LogP contribution is 2.12. The van der Waals surface area contributed by atoms with E-state index < -0.39 is 0 Å². The Labute approximate surface area is 127 Å². The Morgan fingerprint density at radius 1 is 0.950 bits per heavy atom. The van der Waals surface area contributed by atoms with E-state index in [1.165, 1.54) is 0 Å². The number of nitrogens with zero attached hydrogens (tertiary/aromatic N) is 1. The highest BCUT2D eigenvalue weighted by Gasteiger charge is 2.15. The molecule has 0 aromatic rings. The van der Waals surface area contributed by atoms with Crippen molar-refractivity contribution in [2.24, 2.45) is 16.5 Å². The monoisotopic (exact) mass is 286 g/mol. The predicted octanol–water partition coefficient (Wildman–Crippen LogP) is 4.86. The molecule has 3 nitrogen and oxygen atoms in total. The van der Waals surface area contributed by atoms with Crippen LogP contribution in [0, 0.1) is 11.3 Å².